The lowest BCUT2D eigenvalue weighted by molar-refractivity contribution is 0.704. The molecule has 4 nitrogen and oxygen atoms in total. The van der Waals surface area contributed by atoms with Gasteiger partial charge in [-0.25, -0.2) is 4.98 Å². The molecule has 76 valence electrons. The third-order valence-corrected chi connectivity index (χ3v) is 2.40. The second kappa shape index (κ2) is 3.52. The summed E-state index contributed by atoms with van der Waals surface area (Å²) in [5.74, 6) is 3.14. The summed E-state index contributed by atoms with van der Waals surface area (Å²) in [6.45, 7) is 4.13. The van der Waals surface area contributed by atoms with E-state index in [-0.39, 0.29) is 0 Å². The van der Waals surface area contributed by atoms with E-state index in [1.807, 2.05) is 0 Å². The Bertz CT molecular complexity index is 331. The van der Waals surface area contributed by atoms with Gasteiger partial charge in [0.05, 0.1) is 0 Å². The second-order valence-corrected chi connectivity index (χ2v) is 4.27. The predicted molar refractivity (Wildman–Crippen MR) is 54.8 cm³/mol. The highest BCUT2D eigenvalue weighted by molar-refractivity contribution is 5.17. The molecule has 1 saturated carbocycles. The van der Waals surface area contributed by atoms with E-state index in [0.717, 1.165) is 24.0 Å². The SMILES string of the molecule is CC(C)c1nc(N)nc(CC2CC2)n1. The van der Waals surface area contributed by atoms with Crippen LogP contribution < -0.4 is 5.73 Å². The molecule has 1 aromatic heterocycles. The molecule has 1 aromatic rings. The first-order chi connectivity index (χ1) is 6.65. The molecule has 2 rings (SSSR count). The molecule has 2 N–H and O–H groups in total. The van der Waals surface area contributed by atoms with Gasteiger partial charge in [0.25, 0.3) is 0 Å². The van der Waals surface area contributed by atoms with Crippen molar-refractivity contribution in [3.05, 3.63) is 11.6 Å². The molecule has 1 aliphatic carbocycles. The maximum Gasteiger partial charge on any atom is 0.223 e. The summed E-state index contributed by atoms with van der Waals surface area (Å²) in [4.78, 5) is 12.7. The molecule has 0 amide bonds. The zero-order valence-corrected chi connectivity index (χ0v) is 8.70. The highest BCUT2D eigenvalue weighted by Gasteiger charge is 2.23. The van der Waals surface area contributed by atoms with Gasteiger partial charge in [-0.15, -0.1) is 0 Å². The normalized spacial score (nSPS) is 16.2. The largest absolute Gasteiger partial charge is 0.368 e. The van der Waals surface area contributed by atoms with E-state index in [0.29, 0.717) is 11.9 Å². The fraction of sp³-hybridized carbons (Fsp3) is 0.700. The van der Waals surface area contributed by atoms with Crippen molar-refractivity contribution in [1.29, 1.82) is 0 Å². The maximum atomic E-state index is 5.63. The van der Waals surface area contributed by atoms with Crippen molar-refractivity contribution in [3.8, 4) is 0 Å². The van der Waals surface area contributed by atoms with Crippen LogP contribution in [-0.2, 0) is 6.42 Å². The van der Waals surface area contributed by atoms with E-state index in [2.05, 4.69) is 28.8 Å². The lowest BCUT2D eigenvalue weighted by atomic mass is 10.2. The minimum Gasteiger partial charge on any atom is -0.368 e. The average molecular weight is 192 g/mol. The summed E-state index contributed by atoms with van der Waals surface area (Å²) >= 11 is 0. The molecule has 0 aliphatic heterocycles. The standard InChI is InChI=1S/C10H16N4/c1-6(2)9-12-8(5-7-3-4-7)13-10(11)14-9/h6-7H,3-5H2,1-2H3,(H2,11,12,13,14). The van der Waals surface area contributed by atoms with Crippen LogP contribution in [0.15, 0.2) is 0 Å². The molecule has 1 aliphatic rings. The number of nitrogens with zero attached hydrogens (tertiary/aromatic N) is 3. The quantitative estimate of drug-likeness (QED) is 0.788. The van der Waals surface area contributed by atoms with Gasteiger partial charge in [-0.2, -0.15) is 9.97 Å². The van der Waals surface area contributed by atoms with Crippen molar-refractivity contribution >= 4 is 5.95 Å². The Labute approximate surface area is 84.0 Å². The number of anilines is 1. The first-order valence-corrected chi connectivity index (χ1v) is 5.15. The maximum absolute atomic E-state index is 5.63. The van der Waals surface area contributed by atoms with Crippen LogP contribution in [0.4, 0.5) is 5.95 Å². The molecule has 0 unspecified atom stereocenters. The topological polar surface area (TPSA) is 64.7 Å². The van der Waals surface area contributed by atoms with Crippen molar-refractivity contribution in [2.24, 2.45) is 5.92 Å². The van der Waals surface area contributed by atoms with Crippen LogP contribution >= 0.6 is 0 Å². The summed E-state index contributed by atoms with van der Waals surface area (Å²) in [6.07, 6.45) is 3.58. The lowest BCUT2D eigenvalue weighted by Crippen LogP contribution is -2.09. The first-order valence-electron chi connectivity index (χ1n) is 5.15. The minimum absolute atomic E-state index is 0.318. The molecule has 14 heavy (non-hydrogen) atoms. The smallest absolute Gasteiger partial charge is 0.223 e. The number of hydrogen-bond donors (Lipinski definition) is 1. The number of nitrogens with two attached hydrogens (primary N) is 1. The molecule has 1 fully saturated rings. The number of rotatable bonds is 3. The fourth-order valence-corrected chi connectivity index (χ4v) is 1.39. The van der Waals surface area contributed by atoms with Crippen molar-refractivity contribution < 1.29 is 0 Å². The number of hydrogen-bond acceptors (Lipinski definition) is 4. The number of aromatic nitrogens is 3. The molecule has 0 atom stereocenters. The van der Waals surface area contributed by atoms with Gasteiger partial charge in [0.1, 0.15) is 11.6 Å². The molecular formula is C10H16N4. The molecule has 0 saturated heterocycles. The molecule has 0 aromatic carbocycles. The van der Waals surface area contributed by atoms with Crippen LogP contribution in [0.5, 0.6) is 0 Å². The molecule has 1 heterocycles. The molecule has 0 radical (unpaired) electrons. The molecular weight excluding hydrogens is 176 g/mol. The Morgan fingerprint density at radius 2 is 2.00 bits per heavy atom. The Kier molecular flexibility index (Phi) is 2.35. The van der Waals surface area contributed by atoms with Gasteiger partial charge in [0, 0.05) is 12.3 Å². The van der Waals surface area contributed by atoms with Gasteiger partial charge in [-0.3, -0.25) is 0 Å². The van der Waals surface area contributed by atoms with Gasteiger partial charge >= 0.3 is 0 Å². The van der Waals surface area contributed by atoms with Gasteiger partial charge in [0.2, 0.25) is 5.95 Å². The Morgan fingerprint density at radius 1 is 1.29 bits per heavy atom. The van der Waals surface area contributed by atoms with Crippen molar-refractivity contribution in [1.82, 2.24) is 15.0 Å². The highest BCUT2D eigenvalue weighted by atomic mass is 15.1. The van der Waals surface area contributed by atoms with E-state index < -0.39 is 0 Å². The van der Waals surface area contributed by atoms with Crippen LogP contribution in [0, 0.1) is 5.92 Å². The minimum atomic E-state index is 0.318. The zero-order valence-electron chi connectivity index (χ0n) is 8.70. The van der Waals surface area contributed by atoms with Gasteiger partial charge in [0.15, 0.2) is 0 Å². The van der Waals surface area contributed by atoms with Crippen LogP contribution in [0.1, 0.15) is 44.3 Å². The van der Waals surface area contributed by atoms with E-state index in [4.69, 9.17) is 5.73 Å². The Balaban J connectivity index is 2.21. The van der Waals surface area contributed by atoms with Crippen molar-refractivity contribution in [2.75, 3.05) is 5.73 Å². The fourth-order valence-electron chi connectivity index (χ4n) is 1.39. The molecule has 0 bridgehead atoms. The summed E-state index contributed by atoms with van der Waals surface area (Å²) in [5.41, 5.74) is 5.63. The van der Waals surface area contributed by atoms with Crippen LogP contribution in [0.2, 0.25) is 0 Å². The van der Waals surface area contributed by atoms with Crippen LogP contribution in [0.3, 0.4) is 0 Å². The number of nitrogen functional groups attached to an aromatic ring is 1. The summed E-state index contributed by atoms with van der Waals surface area (Å²) in [7, 11) is 0. The zero-order chi connectivity index (χ0) is 10.1. The van der Waals surface area contributed by atoms with Gasteiger partial charge in [-0.1, -0.05) is 13.8 Å². The predicted octanol–water partition coefficient (Wildman–Crippen LogP) is 1.53. The third-order valence-electron chi connectivity index (χ3n) is 2.40. The summed E-state index contributed by atoms with van der Waals surface area (Å²) in [6, 6.07) is 0. The second-order valence-electron chi connectivity index (χ2n) is 4.27. The van der Waals surface area contributed by atoms with Crippen molar-refractivity contribution in [2.45, 2.75) is 39.0 Å². The molecule has 0 spiro atoms. The van der Waals surface area contributed by atoms with E-state index >= 15 is 0 Å². The Morgan fingerprint density at radius 3 is 2.57 bits per heavy atom. The average Bonchev–Trinajstić information content (AvgIpc) is 2.87. The van der Waals surface area contributed by atoms with Gasteiger partial charge in [-0.05, 0) is 18.8 Å². The van der Waals surface area contributed by atoms with Crippen LogP contribution in [-0.4, -0.2) is 15.0 Å². The first kappa shape index (κ1) is 9.37. The Hall–Kier alpha value is -1.19. The summed E-state index contributed by atoms with van der Waals surface area (Å²) < 4.78 is 0. The lowest BCUT2D eigenvalue weighted by Gasteiger charge is -2.06. The van der Waals surface area contributed by atoms with Gasteiger partial charge < -0.3 is 5.73 Å². The molecule has 4 heteroatoms. The monoisotopic (exact) mass is 192 g/mol. The van der Waals surface area contributed by atoms with E-state index in [1.165, 1.54) is 12.8 Å². The van der Waals surface area contributed by atoms with E-state index in [9.17, 15) is 0 Å². The van der Waals surface area contributed by atoms with Crippen LogP contribution in [0.25, 0.3) is 0 Å². The van der Waals surface area contributed by atoms with Crippen molar-refractivity contribution in [3.63, 3.8) is 0 Å². The third kappa shape index (κ3) is 2.19. The highest BCUT2D eigenvalue weighted by Crippen LogP contribution is 2.31. The van der Waals surface area contributed by atoms with E-state index in [1.54, 1.807) is 0 Å². The summed E-state index contributed by atoms with van der Waals surface area (Å²) in [5, 5.41) is 0.